The predicted octanol–water partition coefficient (Wildman–Crippen LogP) is 3.19. The van der Waals surface area contributed by atoms with Gasteiger partial charge in [0.25, 0.3) is 0 Å². The molecule has 0 aliphatic carbocycles. The summed E-state index contributed by atoms with van der Waals surface area (Å²) >= 11 is 6.17. The summed E-state index contributed by atoms with van der Waals surface area (Å²) in [7, 11) is 3.97. The van der Waals surface area contributed by atoms with Crippen LogP contribution in [0.5, 0.6) is 0 Å². The van der Waals surface area contributed by atoms with Crippen molar-refractivity contribution >= 4 is 23.2 Å². The van der Waals surface area contributed by atoms with Crippen molar-refractivity contribution in [2.45, 2.75) is 12.3 Å². The second-order valence-corrected chi connectivity index (χ2v) is 7.02. The zero-order chi connectivity index (χ0) is 18.5. The van der Waals surface area contributed by atoms with E-state index >= 15 is 0 Å². The number of imidazole rings is 1. The average Bonchev–Trinajstić information content (AvgIpc) is 3.03. The Morgan fingerprint density at radius 1 is 1.23 bits per heavy atom. The average molecular weight is 371 g/mol. The lowest BCUT2D eigenvalue weighted by Crippen LogP contribution is -2.32. The number of hydrogen-bond donors (Lipinski definition) is 1. The van der Waals surface area contributed by atoms with Crippen LogP contribution in [0.15, 0.2) is 54.9 Å². The Balaban J connectivity index is 1.89. The number of nitrogens with one attached hydrogen (secondary N) is 1. The van der Waals surface area contributed by atoms with Gasteiger partial charge in [-0.3, -0.25) is 4.79 Å². The third-order valence-electron chi connectivity index (χ3n) is 4.33. The topological polar surface area (TPSA) is 49.6 Å². The van der Waals surface area contributed by atoms with Gasteiger partial charge in [-0.1, -0.05) is 41.9 Å². The Kier molecular flexibility index (Phi) is 5.91. The predicted molar refractivity (Wildman–Crippen MR) is 105 cm³/mol. The van der Waals surface area contributed by atoms with Crippen molar-refractivity contribution in [1.29, 1.82) is 0 Å². The van der Waals surface area contributed by atoms with E-state index in [-0.39, 0.29) is 11.8 Å². The number of nitrogens with zero attached hydrogens (tertiary/aromatic N) is 3. The Hall–Kier alpha value is -2.37. The van der Waals surface area contributed by atoms with Gasteiger partial charge in [0.15, 0.2) is 0 Å². The maximum atomic E-state index is 12.5. The molecule has 6 heteroatoms. The fourth-order valence-electron chi connectivity index (χ4n) is 2.99. The van der Waals surface area contributed by atoms with Gasteiger partial charge in [-0.05, 0) is 31.8 Å². The summed E-state index contributed by atoms with van der Waals surface area (Å²) in [6, 6.07) is 13.7. The maximum Gasteiger partial charge on any atom is 0.221 e. The molecule has 2 heterocycles. The van der Waals surface area contributed by atoms with Gasteiger partial charge in [0.05, 0.1) is 10.7 Å². The van der Waals surface area contributed by atoms with Crippen molar-refractivity contribution in [3.05, 3.63) is 71.1 Å². The first-order valence-electron chi connectivity index (χ1n) is 8.63. The van der Waals surface area contributed by atoms with E-state index < -0.39 is 0 Å². The Bertz CT molecular complexity index is 876. The minimum Gasteiger partial charge on any atom is -0.355 e. The van der Waals surface area contributed by atoms with Crippen molar-refractivity contribution in [3.63, 3.8) is 0 Å². The molecule has 1 amide bonds. The minimum atomic E-state index is -0.0935. The van der Waals surface area contributed by atoms with Crippen LogP contribution in [0, 0.1) is 0 Å². The molecule has 5 nitrogen and oxygen atoms in total. The van der Waals surface area contributed by atoms with E-state index in [1.165, 1.54) is 0 Å². The van der Waals surface area contributed by atoms with Crippen LogP contribution in [0.25, 0.3) is 5.65 Å². The molecule has 0 fully saturated rings. The van der Waals surface area contributed by atoms with Gasteiger partial charge >= 0.3 is 0 Å². The number of pyridine rings is 1. The van der Waals surface area contributed by atoms with Crippen molar-refractivity contribution < 1.29 is 4.79 Å². The molecule has 1 aromatic carbocycles. The van der Waals surface area contributed by atoms with Gasteiger partial charge in [-0.25, -0.2) is 4.98 Å². The third-order valence-corrected chi connectivity index (χ3v) is 4.55. The van der Waals surface area contributed by atoms with Crippen molar-refractivity contribution in [2.75, 3.05) is 27.2 Å². The zero-order valence-electron chi connectivity index (χ0n) is 15.0. The highest BCUT2D eigenvalue weighted by Gasteiger charge is 2.21. The fourth-order valence-corrected chi connectivity index (χ4v) is 3.15. The monoisotopic (exact) mass is 370 g/mol. The van der Waals surface area contributed by atoms with Crippen LogP contribution in [0.3, 0.4) is 0 Å². The molecule has 0 spiro atoms. The van der Waals surface area contributed by atoms with Crippen LogP contribution in [-0.2, 0) is 4.79 Å². The molecule has 0 bridgehead atoms. The summed E-state index contributed by atoms with van der Waals surface area (Å²) in [5, 5.41) is 3.64. The Labute approximate surface area is 158 Å². The van der Waals surface area contributed by atoms with Crippen LogP contribution >= 0.6 is 11.6 Å². The number of fused-ring (bicyclic) bond motifs is 1. The summed E-state index contributed by atoms with van der Waals surface area (Å²) in [4.78, 5) is 19.0. The highest BCUT2D eigenvalue weighted by molar-refractivity contribution is 6.30. The van der Waals surface area contributed by atoms with Crippen LogP contribution in [0.1, 0.15) is 23.6 Å². The molecule has 1 atom stereocenters. The Morgan fingerprint density at radius 3 is 2.73 bits per heavy atom. The first-order chi connectivity index (χ1) is 12.5. The molecule has 136 valence electrons. The second kappa shape index (κ2) is 8.34. The molecule has 26 heavy (non-hydrogen) atoms. The van der Waals surface area contributed by atoms with E-state index in [4.69, 9.17) is 11.6 Å². The number of hydrogen-bond acceptors (Lipinski definition) is 3. The van der Waals surface area contributed by atoms with Crippen molar-refractivity contribution in [1.82, 2.24) is 19.6 Å². The van der Waals surface area contributed by atoms with Crippen LogP contribution in [-0.4, -0.2) is 47.4 Å². The zero-order valence-corrected chi connectivity index (χ0v) is 15.8. The molecular weight excluding hydrogens is 348 g/mol. The number of amides is 1. The van der Waals surface area contributed by atoms with Gasteiger partial charge < -0.3 is 14.6 Å². The molecule has 1 N–H and O–H groups in total. The number of carbonyl (C=O) groups excluding carboxylic acids is 1. The van der Waals surface area contributed by atoms with Crippen LogP contribution in [0.4, 0.5) is 0 Å². The molecule has 0 aliphatic rings. The van der Waals surface area contributed by atoms with Crippen LogP contribution in [0.2, 0.25) is 5.02 Å². The quantitative estimate of drug-likeness (QED) is 0.694. The number of rotatable bonds is 7. The Morgan fingerprint density at radius 2 is 2.00 bits per heavy atom. The normalized spacial score (nSPS) is 12.5. The highest BCUT2D eigenvalue weighted by atomic mass is 35.5. The highest BCUT2D eigenvalue weighted by Crippen LogP contribution is 2.29. The summed E-state index contributed by atoms with van der Waals surface area (Å²) in [6.45, 7) is 1.44. The summed E-state index contributed by atoms with van der Waals surface area (Å²) in [6.07, 6.45) is 4.04. The molecular formula is C20H23ClN4O. The minimum absolute atomic E-state index is 0.0256. The van der Waals surface area contributed by atoms with Gasteiger partial charge in [-0.15, -0.1) is 0 Å². The van der Waals surface area contributed by atoms with Crippen molar-refractivity contribution in [3.8, 4) is 0 Å². The fraction of sp³-hybridized carbons (Fsp3) is 0.300. The van der Waals surface area contributed by atoms with E-state index in [0.29, 0.717) is 18.0 Å². The third kappa shape index (κ3) is 4.42. The largest absolute Gasteiger partial charge is 0.355 e. The molecule has 0 aliphatic heterocycles. The van der Waals surface area contributed by atoms with E-state index in [1.54, 1.807) is 0 Å². The molecule has 0 radical (unpaired) electrons. The summed E-state index contributed by atoms with van der Waals surface area (Å²) in [5.41, 5.74) is 2.85. The standard InChI is InChI=1S/C20H23ClN4O/c1-24(2)11-10-22-20(26)12-17(15-6-4-3-5-7-15)18-13-23-19-9-8-16(21)14-25(18)19/h3-9,13-14,17H,10-12H2,1-2H3,(H,22,26). The summed E-state index contributed by atoms with van der Waals surface area (Å²) < 4.78 is 1.97. The molecule has 1 unspecified atom stereocenters. The SMILES string of the molecule is CN(C)CCNC(=O)CC(c1ccccc1)c1cnc2ccc(Cl)cn12. The number of carbonyl (C=O) groups is 1. The number of likely N-dealkylation sites (N-methyl/N-ethyl adjacent to an activating group) is 1. The maximum absolute atomic E-state index is 12.5. The van der Waals surface area contributed by atoms with Gasteiger partial charge in [0, 0.05) is 37.8 Å². The molecule has 3 aromatic rings. The number of halogens is 1. The van der Waals surface area contributed by atoms with E-state index in [1.807, 2.05) is 78.3 Å². The van der Waals surface area contributed by atoms with Gasteiger partial charge in [-0.2, -0.15) is 0 Å². The number of benzene rings is 1. The second-order valence-electron chi connectivity index (χ2n) is 6.58. The first kappa shape index (κ1) is 18.4. The van der Waals surface area contributed by atoms with Gasteiger partial charge in [0.1, 0.15) is 5.65 Å². The first-order valence-corrected chi connectivity index (χ1v) is 9.01. The molecule has 0 saturated heterocycles. The molecule has 0 saturated carbocycles. The smallest absolute Gasteiger partial charge is 0.221 e. The van der Waals surface area contributed by atoms with E-state index in [9.17, 15) is 4.79 Å². The molecule has 3 rings (SSSR count). The lowest BCUT2D eigenvalue weighted by atomic mass is 9.92. The van der Waals surface area contributed by atoms with Crippen LogP contribution < -0.4 is 5.32 Å². The van der Waals surface area contributed by atoms with E-state index in [0.717, 1.165) is 23.4 Å². The lowest BCUT2D eigenvalue weighted by molar-refractivity contribution is -0.121. The number of aromatic nitrogens is 2. The summed E-state index contributed by atoms with van der Waals surface area (Å²) in [5.74, 6) is -0.0679. The van der Waals surface area contributed by atoms with Crippen molar-refractivity contribution in [2.24, 2.45) is 0 Å². The van der Waals surface area contributed by atoms with Gasteiger partial charge in [0.2, 0.25) is 5.91 Å². The molecule has 2 aromatic heterocycles. The lowest BCUT2D eigenvalue weighted by Gasteiger charge is -2.18. The van der Waals surface area contributed by atoms with E-state index in [2.05, 4.69) is 10.3 Å².